The summed E-state index contributed by atoms with van der Waals surface area (Å²) in [6.07, 6.45) is 4.63. The van der Waals surface area contributed by atoms with Crippen molar-refractivity contribution in [2.75, 3.05) is 12.4 Å². The minimum absolute atomic E-state index is 0.0632. The van der Waals surface area contributed by atoms with Crippen LogP contribution in [0.1, 0.15) is 18.9 Å². The monoisotopic (exact) mass is 428 g/mol. The molecule has 4 aromatic rings. The maximum atomic E-state index is 14.3. The van der Waals surface area contributed by atoms with E-state index < -0.39 is 5.82 Å². The molecule has 0 saturated heterocycles. The van der Waals surface area contributed by atoms with Crippen LogP contribution in [0.2, 0.25) is 5.02 Å². The highest BCUT2D eigenvalue weighted by molar-refractivity contribution is 6.32. The van der Waals surface area contributed by atoms with Crippen molar-refractivity contribution in [3.63, 3.8) is 0 Å². The fourth-order valence-electron chi connectivity index (χ4n) is 3.04. The van der Waals surface area contributed by atoms with Crippen molar-refractivity contribution < 1.29 is 19.0 Å². The molecule has 0 fully saturated rings. The molecule has 0 bridgehead atoms. The van der Waals surface area contributed by atoms with E-state index in [1.165, 1.54) is 13.2 Å². The van der Waals surface area contributed by atoms with E-state index in [1.54, 1.807) is 36.8 Å². The zero-order valence-corrected chi connectivity index (χ0v) is 16.9. The van der Waals surface area contributed by atoms with Gasteiger partial charge in [0.15, 0.2) is 17.6 Å². The summed E-state index contributed by atoms with van der Waals surface area (Å²) in [4.78, 5) is 11.6. The first-order valence-electron chi connectivity index (χ1n) is 9.04. The first kappa shape index (κ1) is 19.8. The highest BCUT2D eigenvalue weighted by atomic mass is 35.5. The van der Waals surface area contributed by atoms with Crippen LogP contribution in [-0.2, 0) is 0 Å². The lowest BCUT2D eigenvalue weighted by Crippen LogP contribution is -2.06. The second-order valence-electron chi connectivity index (χ2n) is 6.52. The van der Waals surface area contributed by atoms with Crippen LogP contribution in [0.3, 0.4) is 0 Å². The Kier molecular flexibility index (Phi) is 5.33. The van der Waals surface area contributed by atoms with Gasteiger partial charge in [0.05, 0.1) is 23.3 Å². The summed E-state index contributed by atoms with van der Waals surface area (Å²) in [6.45, 7) is 1.86. The van der Waals surface area contributed by atoms with Gasteiger partial charge < -0.3 is 24.9 Å². The lowest BCUT2D eigenvalue weighted by Gasteiger charge is -2.17. The number of rotatable bonds is 6. The second kappa shape index (κ2) is 8.08. The van der Waals surface area contributed by atoms with Crippen LogP contribution in [0.15, 0.2) is 48.9 Å². The molecular formula is C21H18ClFN4O3. The highest BCUT2D eigenvalue weighted by Crippen LogP contribution is 2.38. The number of nitrogens with zero attached hydrogens (tertiary/aromatic N) is 2. The van der Waals surface area contributed by atoms with Crippen LogP contribution < -0.4 is 14.8 Å². The maximum absolute atomic E-state index is 14.3. The minimum atomic E-state index is -0.595. The number of ether oxygens (including phenoxy) is 2. The number of methoxy groups -OCH3 is 1. The van der Waals surface area contributed by atoms with E-state index in [9.17, 15) is 9.50 Å². The zero-order chi connectivity index (χ0) is 21.3. The van der Waals surface area contributed by atoms with Gasteiger partial charge in [-0.25, -0.2) is 9.37 Å². The molecule has 30 heavy (non-hydrogen) atoms. The van der Waals surface area contributed by atoms with E-state index in [0.717, 1.165) is 6.07 Å². The molecule has 154 valence electrons. The summed E-state index contributed by atoms with van der Waals surface area (Å²) in [5.41, 5.74) is 1.26. The summed E-state index contributed by atoms with van der Waals surface area (Å²) in [5, 5.41) is 13.4. The molecular weight excluding hydrogens is 411 g/mol. The molecule has 2 heterocycles. The van der Waals surface area contributed by atoms with Crippen molar-refractivity contribution in [3.8, 4) is 17.2 Å². The number of aromatic nitrogens is 3. The van der Waals surface area contributed by atoms with Crippen LogP contribution in [0.25, 0.3) is 10.9 Å². The quantitative estimate of drug-likeness (QED) is 0.383. The Labute approximate surface area is 176 Å². The number of phenols is 1. The number of benzene rings is 2. The van der Waals surface area contributed by atoms with Crippen LogP contribution in [0.4, 0.5) is 15.8 Å². The average Bonchev–Trinajstić information content (AvgIpc) is 3.27. The molecule has 1 unspecified atom stereocenters. The minimum Gasteiger partial charge on any atom is -0.506 e. The molecule has 0 saturated carbocycles. The normalized spacial score (nSPS) is 12.0. The van der Waals surface area contributed by atoms with Gasteiger partial charge in [0, 0.05) is 41.8 Å². The van der Waals surface area contributed by atoms with Crippen molar-refractivity contribution in [2.45, 2.75) is 13.0 Å². The molecule has 0 radical (unpaired) electrons. The fourth-order valence-corrected chi connectivity index (χ4v) is 3.19. The maximum Gasteiger partial charge on any atom is 0.164 e. The number of pyridine rings is 1. The lowest BCUT2D eigenvalue weighted by atomic mass is 10.1. The number of hydrogen-bond donors (Lipinski definition) is 3. The Bertz CT molecular complexity index is 1200. The Morgan fingerprint density at radius 1 is 1.13 bits per heavy atom. The van der Waals surface area contributed by atoms with Gasteiger partial charge in [-0.1, -0.05) is 11.6 Å². The van der Waals surface area contributed by atoms with E-state index in [0.29, 0.717) is 33.9 Å². The number of aromatic hydroxyl groups is 1. The molecule has 0 aliphatic rings. The number of nitrogens with one attached hydrogen (secondary N) is 2. The Morgan fingerprint density at radius 3 is 2.70 bits per heavy atom. The number of fused-ring (bicyclic) bond motifs is 1. The first-order valence-corrected chi connectivity index (χ1v) is 9.41. The van der Waals surface area contributed by atoms with E-state index in [2.05, 4.69) is 20.3 Å². The molecule has 7 nitrogen and oxygen atoms in total. The zero-order valence-electron chi connectivity index (χ0n) is 16.1. The molecule has 1 atom stereocenters. The molecule has 0 aliphatic carbocycles. The van der Waals surface area contributed by atoms with Gasteiger partial charge in [-0.3, -0.25) is 4.98 Å². The number of phenolic OH excluding ortho intramolecular Hbond substituents is 1. The second-order valence-corrected chi connectivity index (χ2v) is 6.93. The Hall–Kier alpha value is -3.52. The molecule has 3 N–H and O–H groups in total. The predicted molar refractivity (Wildman–Crippen MR) is 112 cm³/mol. The van der Waals surface area contributed by atoms with E-state index in [4.69, 9.17) is 21.1 Å². The third-order valence-electron chi connectivity index (χ3n) is 4.54. The molecule has 0 amide bonds. The van der Waals surface area contributed by atoms with E-state index in [1.807, 2.05) is 6.92 Å². The van der Waals surface area contributed by atoms with Crippen LogP contribution in [-0.4, -0.2) is 27.2 Å². The molecule has 4 rings (SSSR count). The van der Waals surface area contributed by atoms with Crippen LogP contribution >= 0.6 is 11.6 Å². The molecule has 0 spiro atoms. The van der Waals surface area contributed by atoms with E-state index >= 15 is 0 Å². The van der Waals surface area contributed by atoms with Gasteiger partial charge in [-0.05, 0) is 25.1 Å². The van der Waals surface area contributed by atoms with Gasteiger partial charge in [0.1, 0.15) is 17.4 Å². The van der Waals surface area contributed by atoms with Gasteiger partial charge >= 0.3 is 0 Å². The summed E-state index contributed by atoms with van der Waals surface area (Å²) >= 11 is 5.75. The van der Waals surface area contributed by atoms with Crippen molar-refractivity contribution in [2.24, 2.45) is 0 Å². The fraction of sp³-hybridized carbons (Fsp3) is 0.143. The van der Waals surface area contributed by atoms with Crippen LogP contribution in [0, 0.1) is 5.82 Å². The number of H-pyrrole nitrogens is 1. The lowest BCUT2D eigenvalue weighted by molar-refractivity contribution is 0.208. The first-order chi connectivity index (χ1) is 14.5. The van der Waals surface area contributed by atoms with Crippen molar-refractivity contribution in [3.05, 3.63) is 65.6 Å². The number of anilines is 2. The summed E-state index contributed by atoms with van der Waals surface area (Å²) in [7, 11) is 1.53. The summed E-state index contributed by atoms with van der Waals surface area (Å²) < 4.78 is 25.8. The third-order valence-corrected chi connectivity index (χ3v) is 4.84. The highest BCUT2D eigenvalue weighted by Gasteiger charge is 2.16. The van der Waals surface area contributed by atoms with Crippen molar-refractivity contribution >= 4 is 33.9 Å². The Morgan fingerprint density at radius 2 is 1.97 bits per heavy atom. The van der Waals surface area contributed by atoms with Gasteiger partial charge in [0.2, 0.25) is 0 Å². The molecule has 2 aromatic carbocycles. The Balaban J connectivity index is 1.72. The standard InChI is InChI=1S/C21H18ClFN4O3/c1-11(21-25-5-6-26-21)30-20-10-16-12(7-19(20)29-2)15(3-4-24-16)27-17-9-18(28)13(22)8-14(17)23/h3-11,28H,1-2H3,(H,24,27)(H,25,26). The summed E-state index contributed by atoms with van der Waals surface area (Å²) in [5.74, 6) is 0.838. The van der Waals surface area contributed by atoms with Gasteiger partial charge in [-0.2, -0.15) is 0 Å². The molecule has 2 aromatic heterocycles. The van der Waals surface area contributed by atoms with Crippen LogP contribution in [0.5, 0.6) is 17.2 Å². The van der Waals surface area contributed by atoms with Gasteiger partial charge in [-0.15, -0.1) is 0 Å². The molecule has 9 heteroatoms. The molecule has 0 aliphatic heterocycles. The largest absolute Gasteiger partial charge is 0.506 e. The van der Waals surface area contributed by atoms with E-state index in [-0.39, 0.29) is 22.6 Å². The SMILES string of the molecule is COc1cc2c(Nc3cc(O)c(Cl)cc3F)ccnc2cc1OC(C)c1ncc[nH]1. The average molecular weight is 429 g/mol. The number of hydrogen-bond acceptors (Lipinski definition) is 6. The van der Waals surface area contributed by atoms with Crippen molar-refractivity contribution in [1.29, 1.82) is 0 Å². The number of aromatic amines is 1. The van der Waals surface area contributed by atoms with Crippen molar-refractivity contribution in [1.82, 2.24) is 15.0 Å². The third kappa shape index (κ3) is 3.81. The topological polar surface area (TPSA) is 92.3 Å². The number of halogens is 2. The smallest absolute Gasteiger partial charge is 0.164 e. The van der Waals surface area contributed by atoms with Gasteiger partial charge in [0.25, 0.3) is 0 Å². The summed E-state index contributed by atoms with van der Waals surface area (Å²) in [6, 6.07) is 7.46. The predicted octanol–water partition coefficient (Wildman–Crippen LogP) is 5.35. The number of imidazole rings is 1.